The minimum atomic E-state index is -3.79. The van der Waals surface area contributed by atoms with Gasteiger partial charge in [0.1, 0.15) is 6.54 Å². The predicted molar refractivity (Wildman–Crippen MR) is 109 cm³/mol. The van der Waals surface area contributed by atoms with Gasteiger partial charge in [-0.25, -0.2) is 4.31 Å². The minimum Gasteiger partial charge on any atom is -0.348 e. The van der Waals surface area contributed by atoms with Crippen LogP contribution >= 0.6 is 0 Å². The zero-order chi connectivity index (χ0) is 20.2. The van der Waals surface area contributed by atoms with E-state index in [4.69, 9.17) is 0 Å². The van der Waals surface area contributed by atoms with Gasteiger partial charge in [0.15, 0.2) is 0 Å². The van der Waals surface area contributed by atoms with Gasteiger partial charge in [-0.05, 0) is 49.6 Å². The number of aryl methyl sites for hydroxylation is 2. The van der Waals surface area contributed by atoms with E-state index in [9.17, 15) is 13.2 Å². The molecule has 0 unspecified atom stereocenters. The average molecular weight is 390 g/mol. The maximum atomic E-state index is 12.7. The molecule has 0 heterocycles. The van der Waals surface area contributed by atoms with E-state index < -0.39 is 10.2 Å². The van der Waals surface area contributed by atoms with Crippen LogP contribution in [0.5, 0.6) is 0 Å². The third kappa shape index (κ3) is 5.08. The van der Waals surface area contributed by atoms with Crippen LogP contribution in [0.2, 0.25) is 0 Å². The van der Waals surface area contributed by atoms with E-state index in [1.54, 1.807) is 30.3 Å². The van der Waals surface area contributed by atoms with Crippen molar-refractivity contribution >= 4 is 21.8 Å². The molecule has 0 saturated carbocycles. The predicted octanol–water partition coefficient (Wildman–Crippen LogP) is 2.79. The summed E-state index contributed by atoms with van der Waals surface area (Å²) in [6, 6.07) is 14.4. The molecule has 0 aliphatic rings. The summed E-state index contributed by atoms with van der Waals surface area (Å²) in [6.45, 7) is 5.65. The van der Waals surface area contributed by atoms with Crippen molar-refractivity contribution in [2.75, 3.05) is 24.9 Å². The van der Waals surface area contributed by atoms with Crippen molar-refractivity contribution < 1.29 is 13.2 Å². The maximum Gasteiger partial charge on any atom is 0.304 e. The van der Waals surface area contributed by atoms with Gasteiger partial charge in [-0.2, -0.15) is 12.7 Å². The van der Waals surface area contributed by atoms with Gasteiger partial charge in [-0.3, -0.25) is 4.79 Å². The number of carbonyl (C=O) groups excluding carboxylic acids is 1. The fourth-order valence-corrected chi connectivity index (χ4v) is 3.70. The second-order valence-electron chi connectivity index (χ2n) is 6.77. The van der Waals surface area contributed by atoms with Gasteiger partial charge in [0.25, 0.3) is 0 Å². The largest absolute Gasteiger partial charge is 0.348 e. The molecule has 0 aliphatic heterocycles. The third-order valence-corrected chi connectivity index (χ3v) is 6.30. The second-order valence-corrected chi connectivity index (χ2v) is 8.83. The molecule has 2 aromatic rings. The number of carbonyl (C=O) groups is 1. The lowest BCUT2D eigenvalue weighted by Gasteiger charge is -2.27. The van der Waals surface area contributed by atoms with Crippen LogP contribution in [0, 0.1) is 13.8 Å². The zero-order valence-corrected chi connectivity index (χ0v) is 17.2. The van der Waals surface area contributed by atoms with Crippen molar-refractivity contribution in [3.8, 4) is 0 Å². The van der Waals surface area contributed by atoms with E-state index in [0.29, 0.717) is 5.69 Å². The lowest BCUT2D eigenvalue weighted by atomic mass is 10.0. The standard InChI is InChI=1S/C20H27N3O3S/c1-15-11-12-18(13-16(15)2)17(3)21-20(24)14-23(27(25,26)22(4)5)19-9-7-6-8-10-19/h6-13,17H,14H2,1-5H3,(H,21,24)/t17-/m1/s1. The van der Waals surface area contributed by atoms with Gasteiger partial charge in [0.05, 0.1) is 11.7 Å². The number of hydrogen-bond acceptors (Lipinski definition) is 3. The molecule has 2 aromatic carbocycles. The van der Waals surface area contributed by atoms with Crippen LogP contribution in [0.4, 0.5) is 5.69 Å². The van der Waals surface area contributed by atoms with E-state index >= 15 is 0 Å². The van der Waals surface area contributed by atoms with E-state index in [2.05, 4.69) is 5.32 Å². The highest BCUT2D eigenvalue weighted by Gasteiger charge is 2.27. The number of nitrogens with one attached hydrogen (secondary N) is 1. The van der Waals surface area contributed by atoms with Crippen molar-refractivity contribution in [3.05, 3.63) is 65.2 Å². The first-order valence-corrected chi connectivity index (χ1v) is 10.1. The molecule has 0 saturated heterocycles. The highest BCUT2D eigenvalue weighted by Crippen LogP contribution is 2.20. The molecule has 146 valence electrons. The smallest absolute Gasteiger partial charge is 0.304 e. The lowest BCUT2D eigenvalue weighted by Crippen LogP contribution is -2.46. The van der Waals surface area contributed by atoms with E-state index in [1.165, 1.54) is 19.7 Å². The van der Waals surface area contributed by atoms with Crippen molar-refractivity contribution in [1.82, 2.24) is 9.62 Å². The van der Waals surface area contributed by atoms with Gasteiger partial charge >= 0.3 is 10.2 Å². The summed E-state index contributed by atoms with van der Waals surface area (Å²) in [6.07, 6.45) is 0. The summed E-state index contributed by atoms with van der Waals surface area (Å²) in [4.78, 5) is 12.6. The fourth-order valence-electron chi connectivity index (χ4n) is 2.63. The zero-order valence-electron chi connectivity index (χ0n) is 16.4. The Morgan fingerprint density at radius 1 is 1.04 bits per heavy atom. The Balaban J connectivity index is 2.19. The molecular formula is C20H27N3O3S. The molecule has 0 fully saturated rings. The number of hydrogen-bond donors (Lipinski definition) is 1. The number of para-hydroxylation sites is 1. The van der Waals surface area contributed by atoms with Crippen molar-refractivity contribution in [3.63, 3.8) is 0 Å². The minimum absolute atomic E-state index is 0.225. The number of nitrogens with zero attached hydrogens (tertiary/aromatic N) is 2. The van der Waals surface area contributed by atoms with Crippen LogP contribution in [-0.4, -0.2) is 39.3 Å². The molecule has 0 aliphatic carbocycles. The Kier molecular flexibility index (Phi) is 6.62. The molecule has 0 aromatic heterocycles. The number of rotatable bonds is 7. The summed E-state index contributed by atoms with van der Waals surface area (Å²) in [7, 11) is -0.903. The Hall–Kier alpha value is -2.38. The molecule has 0 bridgehead atoms. The number of benzene rings is 2. The van der Waals surface area contributed by atoms with E-state index in [-0.39, 0.29) is 18.5 Å². The Morgan fingerprint density at radius 3 is 2.22 bits per heavy atom. The quantitative estimate of drug-likeness (QED) is 0.792. The molecular weight excluding hydrogens is 362 g/mol. The summed E-state index contributed by atoms with van der Waals surface area (Å²) < 4.78 is 27.6. The Morgan fingerprint density at radius 2 is 1.67 bits per heavy atom. The molecule has 27 heavy (non-hydrogen) atoms. The van der Waals surface area contributed by atoms with Crippen LogP contribution in [0.15, 0.2) is 48.5 Å². The molecule has 7 heteroatoms. The van der Waals surface area contributed by atoms with Crippen LogP contribution in [-0.2, 0) is 15.0 Å². The molecule has 2 rings (SSSR count). The average Bonchev–Trinajstić information content (AvgIpc) is 2.62. The molecule has 1 N–H and O–H groups in total. The van der Waals surface area contributed by atoms with Crippen molar-refractivity contribution in [2.45, 2.75) is 26.8 Å². The molecule has 0 spiro atoms. The van der Waals surface area contributed by atoms with Crippen LogP contribution in [0.3, 0.4) is 0 Å². The van der Waals surface area contributed by atoms with Crippen molar-refractivity contribution in [1.29, 1.82) is 0 Å². The number of amides is 1. The summed E-state index contributed by atoms with van der Waals surface area (Å²) in [5.41, 5.74) is 3.76. The van der Waals surface area contributed by atoms with Gasteiger partial charge < -0.3 is 5.32 Å². The van der Waals surface area contributed by atoms with Crippen LogP contribution in [0.25, 0.3) is 0 Å². The third-order valence-electron chi connectivity index (χ3n) is 4.48. The maximum absolute atomic E-state index is 12.7. The summed E-state index contributed by atoms with van der Waals surface area (Å²) in [5.74, 6) is -0.366. The van der Waals surface area contributed by atoms with Crippen molar-refractivity contribution in [2.24, 2.45) is 0 Å². The van der Waals surface area contributed by atoms with Gasteiger partial charge in [0, 0.05) is 14.1 Å². The molecule has 6 nitrogen and oxygen atoms in total. The highest BCUT2D eigenvalue weighted by molar-refractivity contribution is 7.90. The lowest BCUT2D eigenvalue weighted by molar-refractivity contribution is -0.120. The molecule has 1 amide bonds. The second kappa shape index (κ2) is 8.54. The van der Waals surface area contributed by atoms with E-state index in [1.807, 2.05) is 39.0 Å². The molecule has 0 radical (unpaired) electrons. The van der Waals surface area contributed by atoms with Crippen LogP contribution < -0.4 is 9.62 Å². The monoisotopic (exact) mass is 389 g/mol. The Bertz CT molecular complexity index is 896. The van der Waals surface area contributed by atoms with Gasteiger partial charge in [-0.15, -0.1) is 0 Å². The summed E-state index contributed by atoms with van der Waals surface area (Å²) >= 11 is 0. The topological polar surface area (TPSA) is 69.7 Å². The number of anilines is 1. The fraction of sp³-hybridized carbons (Fsp3) is 0.350. The highest BCUT2D eigenvalue weighted by atomic mass is 32.2. The SMILES string of the molecule is Cc1ccc([C@@H](C)NC(=O)CN(c2ccccc2)S(=O)(=O)N(C)C)cc1C. The first-order chi connectivity index (χ1) is 12.6. The Labute approximate surface area is 162 Å². The van der Waals surface area contributed by atoms with Gasteiger partial charge in [0.2, 0.25) is 5.91 Å². The van der Waals surface area contributed by atoms with Crippen LogP contribution in [0.1, 0.15) is 29.7 Å². The normalized spacial score (nSPS) is 12.7. The first kappa shape index (κ1) is 20.9. The van der Waals surface area contributed by atoms with Gasteiger partial charge in [-0.1, -0.05) is 36.4 Å². The van der Waals surface area contributed by atoms with E-state index in [0.717, 1.165) is 19.7 Å². The first-order valence-electron chi connectivity index (χ1n) is 8.74. The summed E-state index contributed by atoms with van der Waals surface area (Å²) in [5, 5.41) is 2.89. The molecule has 1 atom stereocenters.